The van der Waals surface area contributed by atoms with Crippen molar-refractivity contribution < 1.29 is 4.79 Å². The first-order valence-electron chi connectivity index (χ1n) is 6.14. The number of allylic oxidation sites excluding steroid dienone is 1. The molecule has 104 valence electrons. The Labute approximate surface area is 121 Å². The molecule has 0 spiro atoms. The number of nitrogens with one attached hydrogen (secondary N) is 1. The molecule has 0 unspecified atom stereocenters. The molecule has 0 saturated heterocycles. The lowest BCUT2D eigenvalue weighted by atomic mass is 10.3. The van der Waals surface area contributed by atoms with Crippen LogP contribution in [0.1, 0.15) is 6.42 Å². The van der Waals surface area contributed by atoms with Gasteiger partial charge in [0.25, 0.3) is 0 Å². The third kappa shape index (κ3) is 4.20. The average molecular weight is 289 g/mol. The van der Waals surface area contributed by atoms with Crippen molar-refractivity contribution in [3.63, 3.8) is 0 Å². The quantitative estimate of drug-likeness (QED) is 0.623. The van der Waals surface area contributed by atoms with E-state index in [1.807, 2.05) is 30.3 Å². The summed E-state index contributed by atoms with van der Waals surface area (Å²) in [5, 5.41) is 14.9. The summed E-state index contributed by atoms with van der Waals surface area (Å²) in [7, 11) is 0. The van der Waals surface area contributed by atoms with E-state index in [-0.39, 0.29) is 5.91 Å². The van der Waals surface area contributed by atoms with Gasteiger partial charge in [0.1, 0.15) is 0 Å². The van der Waals surface area contributed by atoms with Gasteiger partial charge in [-0.15, -0.1) is 11.7 Å². The standard InChI is InChI=1S/C13H15N5OS/c1-2-9-18-13(15-16-17-18)20-10-8-12(19)14-11-6-4-3-5-7-11/h2-7H,1,8-10H2,(H,14,19). The predicted molar refractivity (Wildman–Crippen MR) is 78.4 cm³/mol. The molecule has 7 heteroatoms. The number of benzene rings is 1. The molecule has 1 N–H and O–H groups in total. The summed E-state index contributed by atoms with van der Waals surface area (Å²) in [4.78, 5) is 11.8. The van der Waals surface area contributed by atoms with E-state index < -0.39 is 0 Å². The van der Waals surface area contributed by atoms with Crippen LogP contribution in [-0.4, -0.2) is 31.9 Å². The van der Waals surface area contributed by atoms with Crippen molar-refractivity contribution in [2.24, 2.45) is 0 Å². The minimum atomic E-state index is -0.0218. The Bertz CT molecular complexity index is 569. The lowest BCUT2D eigenvalue weighted by molar-refractivity contribution is -0.115. The van der Waals surface area contributed by atoms with E-state index in [9.17, 15) is 4.79 Å². The number of rotatable bonds is 7. The summed E-state index contributed by atoms with van der Waals surface area (Å²) in [5.74, 6) is 0.599. The molecule has 0 bridgehead atoms. The van der Waals surface area contributed by atoms with Crippen LogP contribution in [0.25, 0.3) is 0 Å². The van der Waals surface area contributed by atoms with Crippen LogP contribution in [0.4, 0.5) is 5.69 Å². The van der Waals surface area contributed by atoms with E-state index in [4.69, 9.17) is 0 Å². The van der Waals surface area contributed by atoms with Crippen LogP contribution >= 0.6 is 11.8 Å². The first-order chi connectivity index (χ1) is 9.79. The second-order valence-electron chi connectivity index (χ2n) is 3.94. The number of hydrogen-bond acceptors (Lipinski definition) is 5. The van der Waals surface area contributed by atoms with Crippen LogP contribution < -0.4 is 5.32 Å². The minimum absolute atomic E-state index is 0.0218. The molecule has 6 nitrogen and oxygen atoms in total. The number of amides is 1. The fraction of sp³-hybridized carbons (Fsp3) is 0.231. The first kappa shape index (κ1) is 14.3. The molecule has 2 rings (SSSR count). The van der Waals surface area contributed by atoms with Gasteiger partial charge >= 0.3 is 0 Å². The van der Waals surface area contributed by atoms with Crippen molar-refractivity contribution >= 4 is 23.4 Å². The average Bonchev–Trinajstić information content (AvgIpc) is 2.88. The SMILES string of the molecule is C=CCn1nnnc1SCCC(=O)Nc1ccccc1. The highest BCUT2D eigenvalue weighted by molar-refractivity contribution is 7.99. The number of thioether (sulfide) groups is 1. The zero-order chi connectivity index (χ0) is 14.2. The van der Waals surface area contributed by atoms with Gasteiger partial charge in [-0.25, -0.2) is 4.68 Å². The fourth-order valence-electron chi connectivity index (χ4n) is 1.52. The molecule has 0 aliphatic rings. The van der Waals surface area contributed by atoms with E-state index in [1.165, 1.54) is 11.8 Å². The van der Waals surface area contributed by atoms with Gasteiger partial charge < -0.3 is 5.32 Å². The number of hydrogen-bond donors (Lipinski definition) is 1. The number of aromatic nitrogens is 4. The zero-order valence-electron chi connectivity index (χ0n) is 10.9. The van der Waals surface area contributed by atoms with Gasteiger partial charge in [-0.3, -0.25) is 4.79 Å². The maximum Gasteiger partial charge on any atom is 0.225 e. The number of nitrogens with zero attached hydrogens (tertiary/aromatic N) is 4. The third-order valence-corrected chi connectivity index (χ3v) is 3.38. The molecule has 0 aliphatic heterocycles. The van der Waals surface area contributed by atoms with Gasteiger partial charge in [0, 0.05) is 17.9 Å². The molecule has 0 aliphatic carbocycles. The van der Waals surface area contributed by atoms with Gasteiger partial charge in [-0.1, -0.05) is 36.0 Å². The zero-order valence-corrected chi connectivity index (χ0v) is 11.7. The van der Waals surface area contributed by atoms with Crippen molar-refractivity contribution in [2.75, 3.05) is 11.1 Å². The summed E-state index contributed by atoms with van der Waals surface area (Å²) in [6.07, 6.45) is 2.13. The third-order valence-electron chi connectivity index (χ3n) is 2.42. The van der Waals surface area contributed by atoms with Crippen molar-refractivity contribution in [1.29, 1.82) is 0 Å². The van der Waals surface area contributed by atoms with Crippen molar-refractivity contribution in [3.05, 3.63) is 43.0 Å². The second kappa shape index (κ2) is 7.44. The summed E-state index contributed by atoms with van der Waals surface area (Å²) in [6.45, 7) is 4.20. The molecule has 0 fully saturated rings. The summed E-state index contributed by atoms with van der Waals surface area (Å²) >= 11 is 1.45. The normalized spacial score (nSPS) is 10.2. The number of carbonyl (C=O) groups is 1. The van der Waals surface area contributed by atoms with Crippen LogP contribution in [-0.2, 0) is 11.3 Å². The maximum absolute atomic E-state index is 11.8. The topological polar surface area (TPSA) is 72.7 Å². The smallest absolute Gasteiger partial charge is 0.225 e. The van der Waals surface area contributed by atoms with E-state index in [0.717, 1.165) is 5.69 Å². The fourth-order valence-corrected chi connectivity index (χ4v) is 2.34. The van der Waals surface area contributed by atoms with Gasteiger partial charge in [0.2, 0.25) is 11.1 Å². The van der Waals surface area contributed by atoms with E-state index in [0.29, 0.717) is 23.9 Å². The summed E-state index contributed by atoms with van der Waals surface area (Å²) in [6, 6.07) is 9.39. The van der Waals surface area contributed by atoms with Crippen LogP contribution in [0.3, 0.4) is 0 Å². The van der Waals surface area contributed by atoms with Gasteiger partial charge in [0.05, 0.1) is 6.54 Å². The molecule has 0 atom stereocenters. The Hall–Kier alpha value is -2.15. The van der Waals surface area contributed by atoms with Crippen molar-refractivity contribution in [1.82, 2.24) is 20.2 Å². The Morgan fingerprint density at radius 3 is 2.95 bits per heavy atom. The Morgan fingerprint density at radius 2 is 2.20 bits per heavy atom. The number of para-hydroxylation sites is 1. The largest absolute Gasteiger partial charge is 0.326 e. The van der Waals surface area contributed by atoms with Crippen LogP contribution in [0.2, 0.25) is 0 Å². The van der Waals surface area contributed by atoms with Gasteiger partial charge in [-0.05, 0) is 22.6 Å². The number of carbonyl (C=O) groups excluding carboxylic acids is 1. The van der Waals surface area contributed by atoms with Gasteiger partial charge in [0.15, 0.2) is 0 Å². The molecule has 0 saturated carbocycles. The van der Waals surface area contributed by atoms with Crippen LogP contribution in [0.15, 0.2) is 48.1 Å². The Kier molecular flexibility index (Phi) is 5.31. The highest BCUT2D eigenvalue weighted by Crippen LogP contribution is 2.15. The number of tetrazole rings is 1. The molecule has 0 radical (unpaired) electrons. The monoisotopic (exact) mass is 289 g/mol. The van der Waals surface area contributed by atoms with E-state index >= 15 is 0 Å². The highest BCUT2D eigenvalue weighted by Gasteiger charge is 2.07. The molecule has 1 aromatic carbocycles. The first-order valence-corrected chi connectivity index (χ1v) is 7.13. The Balaban J connectivity index is 1.76. The van der Waals surface area contributed by atoms with Crippen molar-refractivity contribution in [3.8, 4) is 0 Å². The van der Waals surface area contributed by atoms with Gasteiger partial charge in [-0.2, -0.15) is 0 Å². The van der Waals surface area contributed by atoms with Crippen LogP contribution in [0, 0.1) is 0 Å². The lowest BCUT2D eigenvalue weighted by Crippen LogP contribution is -2.12. The number of anilines is 1. The summed E-state index contributed by atoms with van der Waals surface area (Å²) in [5.41, 5.74) is 0.805. The Morgan fingerprint density at radius 1 is 1.40 bits per heavy atom. The molecular weight excluding hydrogens is 274 g/mol. The summed E-state index contributed by atoms with van der Waals surface area (Å²) < 4.78 is 1.65. The van der Waals surface area contributed by atoms with E-state index in [2.05, 4.69) is 27.4 Å². The highest BCUT2D eigenvalue weighted by atomic mass is 32.2. The molecule has 20 heavy (non-hydrogen) atoms. The molecule has 1 aromatic heterocycles. The minimum Gasteiger partial charge on any atom is -0.326 e. The predicted octanol–water partition coefficient (Wildman–Crippen LogP) is 1.98. The molecule has 2 aromatic rings. The maximum atomic E-state index is 11.8. The molecule has 1 heterocycles. The lowest BCUT2D eigenvalue weighted by Gasteiger charge is -2.04. The van der Waals surface area contributed by atoms with Crippen LogP contribution in [0.5, 0.6) is 0 Å². The van der Waals surface area contributed by atoms with E-state index in [1.54, 1.807) is 10.8 Å². The van der Waals surface area contributed by atoms with Crippen molar-refractivity contribution in [2.45, 2.75) is 18.1 Å². The second-order valence-corrected chi connectivity index (χ2v) is 5.01. The molecule has 1 amide bonds. The molecular formula is C13H15N5OS.